The summed E-state index contributed by atoms with van der Waals surface area (Å²) in [6, 6.07) is 0. The first kappa shape index (κ1) is 8.45. The van der Waals surface area contributed by atoms with Crippen molar-refractivity contribution in [3.8, 4) is 0 Å². The van der Waals surface area contributed by atoms with Gasteiger partial charge >= 0.3 is 5.97 Å². The summed E-state index contributed by atoms with van der Waals surface area (Å²) in [6.07, 6.45) is 2.95. The molecule has 1 aromatic heterocycles. The highest BCUT2D eigenvalue weighted by molar-refractivity contribution is 5.69. The third-order valence-corrected chi connectivity index (χ3v) is 1.28. The first-order chi connectivity index (χ1) is 5.72. The van der Waals surface area contributed by atoms with Gasteiger partial charge in [0.25, 0.3) is 0 Å². The highest BCUT2D eigenvalue weighted by Gasteiger charge is 2.00. The van der Waals surface area contributed by atoms with Gasteiger partial charge in [0, 0.05) is 25.0 Å². The van der Waals surface area contributed by atoms with E-state index in [1.807, 2.05) is 0 Å². The number of carboxylic acids is 1. The summed E-state index contributed by atoms with van der Waals surface area (Å²) >= 11 is 0. The second-order valence-corrected chi connectivity index (χ2v) is 2.24. The molecule has 0 fully saturated rings. The predicted octanol–water partition coefficient (Wildman–Crippen LogP) is 0.145. The Hall–Kier alpha value is -1.65. The number of aliphatic carboxylic acids is 1. The van der Waals surface area contributed by atoms with Crippen LogP contribution < -0.4 is 5.32 Å². The quantitative estimate of drug-likeness (QED) is 0.670. The Balaban J connectivity index is 2.71. The van der Waals surface area contributed by atoms with Crippen LogP contribution in [0.25, 0.3) is 0 Å². The lowest BCUT2D eigenvalue weighted by molar-refractivity contribution is -0.136. The van der Waals surface area contributed by atoms with Gasteiger partial charge in [-0.05, 0) is 0 Å². The van der Waals surface area contributed by atoms with Crippen LogP contribution in [0.2, 0.25) is 0 Å². The second kappa shape index (κ2) is 3.66. The van der Waals surface area contributed by atoms with Gasteiger partial charge in [0.05, 0.1) is 6.42 Å². The van der Waals surface area contributed by atoms with Gasteiger partial charge in [-0.25, -0.2) is 9.97 Å². The molecule has 0 atom stereocenters. The Morgan fingerprint density at radius 3 is 2.58 bits per heavy atom. The van der Waals surface area contributed by atoms with Crippen molar-refractivity contribution < 1.29 is 9.90 Å². The van der Waals surface area contributed by atoms with Gasteiger partial charge in [0.2, 0.25) is 5.95 Å². The highest BCUT2D eigenvalue weighted by Crippen LogP contribution is 1.99. The van der Waals surface area contributed by atoms with Crippen LogP contribution in [-0.4, -0.2) is 28.1 Å². The number of carboxylic acid groups (broad SMARTS) is 1. The van der Waals surface area contributed by atoms with E-state index < -0.39 is 5.97 Å². The summed E-state index contributed by atoms with van der Waals surface area (Å²) in [5.41, 5.74) is 0.599. The predicted molar refractivity (Wildman–Crippen MR) is 42.9 cm³/mol. The lowest BCUT2D eigenvalue weighted by Gasteiger charge is -1.98. The molecule has 0 aromatic carbocycles. The minimum atomic E-state index is -0.879. The fraction of sp³-hybridized carbons (Fsp3) is 0.286. The van der Waals surface area contributed by atoms with E-state index in [1.165, 1.54) is 12.4 Å². The lowest BCUT2D eigenvalue weighted by atomic mass is 10.2. The van der Waals surface area contributed by atoms with E-state index in [0.717, 1.165) is 0 Å². The van der Waals surface area contributed by atoms with Crippen LogP contribution in [0.4, 0.5) is 5.95 Å². The average molecular weight is 167 g/mol. The maximum absolute atomic E-state index is 10.3. The van der Waals surface area contributed by atoms with Crippen molar-refractivity contribution in [1.29, 1.82) is 0 Å². The first-order valence-corrected chi connectivity index (χ1v) is 3.43. The molecule has 0 radical (unpaired) electrons. The molecule has 2 N–H and O–H groups in total. The van der Waals surface area contributed by atoms with Crippen molar-refractivity contribution in [2.45, 2.75) is 6.42 Å². The molecule has 5 heteroatoms. The minimum Gasteiger partial charge on any atom is -0.481 e. The monoisotopic (exact) mass is 167 g/mol. The molecular formula is C7H9N3O2. The zero-order valence-corrected chi connectivity index (χ0v) is 6.61. The average Bonchev–Trinajstić information content (AvgIpc) is 2.05. The third-order valence-electron chi connectivity index (χ3n) is 1.28. The van der Waals surface area contributed by atoms with Gasteiger partial charge < -0.3 is 10.4 Å². The minimum absolute atomic E-state index is 0.0377. The summed E-state index contributed by atoms with van der Waals surface area (Å²) in [5.74, 6) is -0.389. The number of anilines is 1. The van der Waals surface area contributed by atoms with Gasteiger partial charge in [-0.1, -0.05) is 0 Å². The molecule has 0 bridgehead atoms. The Bertz CT molecular complexity index is 270. The molecule has 0 aliphatic heterocycles. The van der Waals surface area contributed by atoms with E-state index in [2.05, 4.69) is 15.3 Å². The summed E-state index contributed by atoms with van der Waals surface area (Å²) < 4.78 is 0. The van der Waals surface area contributed by atoms with Crippen LogP contribution in [0.5, 0.6) is 0 Å². The fourth-order valence-corrected chi connectivity index (χ4v) is 0.750. The van der Waals surface area contributed by atoms with Crippen molar-refractivity contribution in [2.75, 3.05) is 12.4 Å². The van der Waals surface area contributed by atoms with Crippen molar-refractivity contribution >= 4 is 11.9 Å². The summed E-state index contributed by atoms with van der Waals surface area (Å²) in [6.45, 7) is 0. The molecule has 0 aliphatic carbocycles. The standard InChI is InChI=1S/C7H9N3O2/c1-8-7-9-3-5(4-10-7)2-6(11)12/h3-4H,2H2,1H3,(H,11,12)(H,8,9,10). The molecular weight excluding hydrogens is 158 g/mol. The molecule has 0 aliphatic rings. The van der Waals surface area contributed by atoms with Crippen LogP contribution >= 0.6 is 0 Å². The van der Waals surface area contributed by atoms with Crippen LogP contribution in [0.3, 0.4) is 0 Å². The molecule has 5 nitrogen and oxygen atoms in total. The number of nitrogens with zero attached hydrogens (tertiary/aromatic N) is 2. The maximum atomic E-state index is 10.3. The summed E-state index contributed by atoms with van der Waals surface area (Å²) in [4.78, 5) is 18.0. The van der Waals surface area contributed by atoms with E-state index in [4.69, 9.17) is 5.11 Å². The number of carbonyl (C=O) groups is 1. The van der Waals surface area contributed by atoms with Crippen molar-refractivity contribution in [3.05, 3.63) is 18.0 Å². The third kappa shape index (κ3) is 2.19. The van der Waals surface area contributed by atoms with Crippen molar-refractivity contribution in [3.63, 3.8) is 0 Å². The van der Waals surface area contributed by atoms with Crippen LogP contribution in [0.1, 0.15) is 5.56 Å². The van der Waals surface area contributed by atoms with Crippen LogP contribution in [0.15, 0.2) is 12.4 Å². The topological polar surface area (TPSA) is 75.1 Å². The lowest BCUT2D eigenvalue weighted by Crippen LogP contribution is -2.02. The number of hydrogen-bond donors (Lipinski definition) is 2. The molecule has 0 saturated heterocycles. The first-order valence-electron chi connectivity index (χ1n) is 3.43. The van der Waals surface area contributed by atoms with E-state index in [9.17, 15) is 4.79 Å². The Labute approximate surface area is 69.5 Å². The second-order valence-electron chi connectivity index (χ2n) is 2.24. The number of aromatic nitrogens is 2. The van der Waals surface area contributed by atoms with E-state index in [-0.39, 0.29) is 6.42 Å². The largest absolute Gasteiger partial charge is 0.481 e. The van der Waals surface area contributed by atoms with E-state index in [0.29, 0.717) is 11.5 Å². The summed E-state index contributed by atoms with van der Waals surface area (Å²) in [5, 5.41) is 11.2. The van der Waals surface area contributed by atoms with Gasteiger partial charge in [0.1, 0.15) is 0 Å². The fourth-order valence-electron chi connectivity index (χ4n) is 0.750. The Morgan fingerprint density at radius 1 is 1.58 bits per heavy atom. The summed E-state index contributed by atoms with van der Waals surface area (Å²) in [7, 11) is 1.70. The molecule has 0 spiro atoms. The van der Waals surface area contributed by atoms with Crippen molar-refractivity contribution in [2.24, 2.45) is 0 Å². The van der Waals surface area contributed by atoms with Crippen molar-refractivity contribution in [1.82, 2.24) is 9.97 Å². The molecule has 12 heavy (non-hydrogen) atoms. The molecule has 1 rings (SSSR count). The van der Waals surface area contributed by atoms with Gasteiger partial charge in [-0.2, -0.15) is 0 Å². The Kier molecular flexibility index (Phi) is 2.57. The number of rotatable bonds is 3. The zero-order chi connectivity index (χ0) is 8.97. The smallest absolute Gasteiger partial charge is 0.307 e. The normalized spacial score (nSPS) is 9.42. The SMILES string of the molecule is CNc1ncc(CC(=O)O)cn1. The molecule has 0 unspecified atom stereocenters. The molecule has 64 valence electrons. The Morgan fingerprint density at radius 2 is 2.17 bits per heavy atom. The van der Waals surface area contributed by atoms with Gasteiger partial charge in [-0.15, -0.1) is 0 Å². The van der Waals surface area contributed by atoms with Crippen LogP contribution in [0, 0.1) is 0 Å². The maximum Gasteiger partial charge on any atom is 0.307 e. The molecule has 0 saturated carbocycles. The molecule has 1 aromatic rings. The van der Waals surface area contributed by atoms with Crippen LogP contribution in [-0.2, 0) is 11.2 Å². The van der Waals surface area contributed by atoms with Gasteiger partial charge in [-0.3, -0.25) is 4.79 Å². The van der Waals surface area contributed by atoms with E-state index >= 15 is 0 Å². The van der Waals surface area contributed by atoms with Gasteiger partial charge in [0.15, 0.2) is 0 Å². The zero-order valence-electron chi connectivity index (χ0n) is 6.61. The number of hydrogen-bond acceptors (Lipinski definition) is 4. The number of nitrogens with one attached hydrogen (secondary N) is 1. The van der Waals surface area contributed by atoms with E-state index in [1.54, 1.807) is 7.05 Å². The molecule has 0 amide bonds. The molecule has 1 heterocycles. The highest BCUT2D eigenvalue weighted by atomic mass is 16.4.